The minimum absolute atomic E-state index is 0.420. The van der Waals surface area contributed by atoms with E-state index in [9.17, 15) is 9.59 Å². The average molecular weight is 453 g/mol. The van der Waals surface area contributed by atoms with Gasteiger partial charge < -0.3 is 14.2 Å². The number of benzene rings is 2. The van der Waals surface area contributed by atoms with Crippen molar-refractivity contribution in [3.05, 3.63) is 64.5 Å². The largest absolute Gasteiger partial charge is 0.497 e. The third-order valence-corrected chi connectivity index (χ3v) is 5.49. The molecule has 0 aliphatic carbocycles. The molecule has 0 spiro atoms. The van der Waals surface area contributed by atoms with Crippen molar-refractivity contribution in [2.75, 3.05) is 26.1 Å². The van der Waals surface area contributed by atoms with Gasteiger partial charge in [-0.05, 0) is 55.3 Å². The number of hydrogen-bond donors (Lipinski definition) is 1. The highest BCUT2D eigenvalue weighted by Crippen LogP contribution is 2.27. The number of esters is 1. The molecule has 0 fully saturated rings. The Labute approximate surface area is 190 Å². The van der Waals surface area contributed by atoms with E-state index in [0.29, 0.717) is 22.2 Å². The summed E-state index contributed by atoms with van der Waals surface area (Å²) in [6.45, 7) is 3.67. The normalized spacial score (nSPS) is 10.8. The lowest BCUT2D eigenvalue weighted by molar-refractivity contribution is -0.142. The molecule has 0 saturated carbocycles. The Bertz CT molecular complexity index is 1150. The fourth-order valence-electron chi connectivity index (χ4n) is 2.83. The second kappa shape index (κ2) is 10.6. The summed E-state index contributed by atoms with van der Waals surface area (Å²) in [6, 6.07) is 11.3. The van der Waals surface area contributed by atoms with Gasteiger partial charge in [-0.25, -0.2) is 9.78 Å². The molecular formula is C24H24N2O5S. The molecule has 1 heterocycles. The number of carbonyl (C=O) groups excluding carboxylic acids is 2. The van der Waals surface area contributed by atoms with Crippen LogP contribution >= 0.6 is 11.3 Å². The Morgan fingerprint density at radius 2 is 1.88 bits per heavy atom. The van der Waals surface area contributed by atoms with Crippen LogP contribution in [0.2, 0.25) is 0 Å². The van der Waals surface area contributed by atoms with E-state index in [1.807, 2.05) is 24.4 Å². The number of rotatable bonds is 8. The van der Waals surface area contributed by atoms with Crippen LogP contribution in [0.5, 0.6) is 11.5 Å². The van der Waals surface area contributed by atoms with E-state index in [0.717, 1.165) is 11.3 Å². The second-order valence-corrected chi connectivity index (χ2v) is 7.79. The van der Waals surface area contributed by atoms with Crippen LogP contribution in [-0.4, -0.2) is 37.7 Å². The summed E-state index contributed by atoms with van der Waals surface area (Å²) >= 11 is 1.31. The zero-order valence-corrected chi connectivity index (χ0v) is 19.1. The number of aryl methyl sites for hydroxylation is 2. The highest BCUT2D eigenvalue weighted by Gasteiger charge is 2.11. The van der Waals surface area contributed by atoms with Crippen LogP contribution in [0.15, 0.2) is 47.9 Å². The zero-order chi connectivity index (χ0) is 23.1. The van der Waals surface area contributed by atoms with E-state index in [4.69, 9.17) is 14.2 Å². The van der Waals surface area contributed by atoms with E-state index >= 15 is 0 Å². The Hall–Kier alpha value is -3.65. The summed E-state index contributed by atoms with van der Waals surface area (Å²) in [5.74, 6) is 0.0874. The first-order chi connectivity index (χ1) is 15.4. The molecule has 8 heteroatoms. The molecule has 3 aromatic rings. The number of carbonyl (C=O) groups is 2. The van der Waals surface area contributed by atoms with Crippen LogP contribution < -0.4 is 14.8 Å². The van der Waals surface area contributed by atoms with Gasteiger partial charge in [-0.1, -0.05) is 12.1 Å². The quantitative estimate of drug-likeness (QED) is 0.396. The first kappa shape index (κ1) is 23.0. The van der Waals surface area contributed by atoms with Gasteiger partial charge in [0.2, 0.25) is 0 Å². The summed E-state index contributed by atoms with van der Waals surface area (Å²) in [5.41, 5.74) is 4.79. The predicted octanol–water partition coefficient (Wildman–Crippen LogP) is 4.64. The van der Waals surface area contributed by atoms with E-state index in [1.54, 1.807) is 25.3 Å². The Balaban J connectivity index is 1.54. The molecular weight excluding hydrogens is 428 g/mol. The number of anilines is 1. The van der Waals surface area contributed by atoms with Crippen LogP contribution in [0.25, 0.3) is 17.3 Å². The van der Waals surface area contributed by atoms with Gasteiger partial charge in [0, 0.05) is 22.6 Å². The van der Waals surface area contributed by atoms with E-state index in [1.165, 1.54) is 41.7 Å². The molecule has 0 aliphatic heterocycles. The van der Waals surface area contributed by atoms with Crippen molar-refractivity contribution >= 4 is 34.4 Å². The highest BCUT2D eigenvalue weighted by atomic mass is 32.1. The van der Waals surface area contributed by atoms with Crippen molar-refractivity contribution in [2.45, 2.75) is 13.8 Å². The zero-order valence-electron chi connectivity index (χ0n) is 18.3. The van der Waals surface area contributed by atoms with Crippen molar-refractivity contribution in [3.63, 3.8) is 0 Å². The minimum Gasteiger partial charge on any atom is -0.497 e. The summed E-state index contributed by atoms with van der Waals surface area (Å²) < 4.78 is 15.4. The van der Waals surface area contributed by atoms with E-state index in [2.05, 4.69) is 23.3 Å². The lowest BCUT2D eigenvalue weighted by Gasteiger charge is -2.07. The van der Waals surface area contributed by atoms with Gasteiger partial charge in [0.05, 0.1) is 19.9 Å². The molecule has 0 radical (unpaired) electrons. The van der Waals surface area contributed by atoms with Crippen LogP contribution in [0.3, 0.4) is 0 Å². The number of thiazole rings is 1. The molecule has 1 amide bonds. The maximum absolute atomic E-state index is 12.1. The van der Waals surface area contributed by atoms with Gasteiger partial charge in [-0.3, -0.25) is 10.1 Å². The van der Waals surface area contributed by atoms with E-state index < -0.39 is 18.5 Å². The van der Waals surface area contributed by atoms with Gasteiger partial charge in [-0.2, -0.15) is 0 Å². The lowest BCUT2D eigenvalue weighted by Crippen LogP contribution is -2.20. The van der Waals surface area contributed by atoms with Crippen LogP contribution in [0.1, 0.15) is 16.7 Å². The van der Waals surface area contributed by atoms with Crippen molar-refractivity contribution in [1.82, 2.24) is 4.98 Å². The molecule has 3 rings (SSSR count). The van der Waals surface area contributed by atoms with Crippen LogP contribution in [0.4, 0.5) is 5.13 Å². The number of amides is 1. The Morgan fingerprint density at radius 3 is 2.59 bits per heavy atom. The fourth-order valence-corrected chi connectivity index (χ4v) is 3.57. The summed E-state index contributed by atoms with van der Waals surface area (Å²) in [6.07, 6.45) is 2.77. The first-order valence-electron chi connectivity index (χ1n) is 9.79. The van der Waals surface area contributed by atoms with Gasteiger partial charge in [0.25, 0.3) is 5.91 Å². The SMILES string of the molecule is COc1ccc(OC)c(/C=C/C(=O)OCC(=O)Nc2nc(-c3ccc(C)c(C)c3)cs2)c1. The maximum atomic E-state index is 12.1. The van der Waals surface area contributed by atoms with Crippen molar-refractivity contribution in [1.29, 1.82) is 0 Å². The molecule has 0 aliphatic rings. The van der Waals surface area contributed by atoms with E-state index in [-0.39, 0.29) is 0 Å². The summed E-state index contributed by atoms with van der Waals surface area (Å²) in [4.78, 5) is 28.6. The summed E-state index contributed by atoms with van der Waals surface area (Å²) in [5, 5.41) is 4.96. The Kier molecular flexibility index (Phi) is 7.62. The minimum atomic E-state index is -0.653. The molecule has 0 unspecified atom stereocenters. The standard InChI is InChI=1S/C24H24N2O5S/c1-15-5-6-17(11-16(15)2)20-14-32-24(25-20)26-22(27)13-31-23(28)10-7-18-12-19(29-3)8-9-21(18)30-4/h5-12,14H,13H2,1-4H3,(H,25,26,27)/b10-7+. The molecule has 7 nitrogen and oxygen atoms in total. The Morgan fingerprint density at radius 1 is 1.06 bits per heavy atom. The third kappa shape index (κ3) is 5.95. The monoisotopic (exact) mass is 452 g/mol. The molecule has 166 valence electrons. The fraction of sp³-hybridized carbons (Fsp3) is 0.208. The van der Waals surface area contributed by atoms with Gasteiger partial charge in [0.1, 0.15) is 11.5 Å². The number of methoxy groups -OCH3 is 2. The first-order valence-corrected chi connectivity index (χ1v) is 10.7. The smallest absolute Gasteiger partial charge is 0.331 e. The average Bonchev–Trinajstić information content (AvgIpc) is 3.26. The second-order valence-electron chi connectivity index (χ2n) is 6.93. The van der Waals surface area contributed by atoms with Crippen molar-refractivity contribution in [3.8, 4) is 22.8 Å². The lowest BCUT2D eigenvalue weighted by atomic mass is 10.1. The highest BCUT2D eigenvalue weighted by molar-refractivity contribution is 7.14. The van der Waals surface area contributed by atoms with Gasteiger partial charge in [0.15, 0.2) is 11.7 Å². The van der Waals surface area contributed by atoms with Gasteiger partial charge in [-0.15, -0.1) is 11.3 Å². The number of hydrogen-bond acceptors (Lipinski definition) is 7. The van der Waals surface area contributed by atoms with Crippen molar-refractivity contribution in [2.24, 2.45) is 0 Å². The molecule has 2 aromatic carbocycles. The van der Waals surface area contributed by atoms with Gasteiger partial charge >= 0.3 is 5.97 Å². The molecule has 0 atom stereocenters. The van der Waals surface area contributed by atoms with Crippen molar-refractivity contribution < 1.29 is 23.8 Å². The molecule has 0 saturated heterocycles. The number of nitrogens with zero attached hydrogens (tertiary/aromatic N) is 1. The number of ether oxygens (including phenoxy) is 3. The summed E-state index contributed by atoms with van der Waals surface area (Å²) in [7, 11) is 3.08. The number of aromatic nitrogens is 1. The van der Waals surface area contributed by atoms with Crippen LogP contribution in [-0.2, 0) is 14.3 Å². The third-order valence-electron chi connectivity index (χ3n) is 4.73. The maximum Gasteiger partial charge on any atom is 0.331 e. The van der Waals surface area contributed by atoms with Crippen LogP contribution in [0, 0.1) is 13.8 Å². The molecule has 1 N–H and O–H groups in total. The number of nitrogens with one attached hydrogen (secondary N) is 1. The topological polar surface area (TPSA) is 86.8 Å². The molecule has 32 heavy (non-hydrogen) atoms. The molecule has 0 bridgehead atoms. The predicted molar refractivity (Wildman–Crippen MR) is 125 cm³/mol. The molecule has 1 aromatic heterocycles.